The van der Waals surface area contributed by atoms with E-state index in [2.05, 4.69) is 27.8 Å². The van der Waals surface area contributed by atoms with Gasteiger partial charge in [0.15, 0.2) is 0 Å². The summed E-state index contributed by atoms with van der Waals surface area (Å²) < 4.78 is 10.9. The minimum absolute atomic E-state index is 0.382. The maximum absolute atomic E-state index is 5.51. The predicted octanol–water partition coefficient (Wildman–Crippen LogP) is 2.32. The normalized spacial score (nSPS) is 10.4. The van der Waals surface area contributed by atoms with Gasteiger partial charge in [0.2, 0.25) is 5.89 Å². The molecule has 0 saturated heterocycles. The summed E-state index contributed by atoms with van der Waals surface area (Å²) in [6, 6.07) is 8.01. The molecule has 6 nitrogen and oxygen atoms in total. The summed E-state index contributed by atoms with van der Waals surface area (Å²) in [5, 5.41) is 13.8. The Morgan fingerprint density at radius 2 is 2.00 bits per heavy atom. The molecule has 0 aliphatic rings. The van der Waals surface area contributed by atoms with Crippen molar-refractivity contribution < 1.29 is 9.15 Å². The van der Waals surface area contributed by atoms with E-state index in [1.165, 1.54) is 0 Å². The molecular weight excluding hydrogens is 244 g/mol. The Balaban J connectivity index is 1.94. The van der Waals surface area contributed by atoms with Gasteiger partial charge in [0, 0.05) is 5.69 Å². The molecular formula is C13H18N4O2. The summed E-state index contributed by atoms with van der Waals surface area (Å²) in [6.07, 6.45) is 0.996. The average Bonchev–Trinajstić information content (AvgIpc) is 2.86. The topological polar surface area (TPSA) is 72.2 Å². The van der Waals surface area contributed by atoms with Gasteiger partial charge in [0.05, 0.1) is 13.2 Å². The van der Waals surface area contributed by atoms with Crippen LogP contribution in [0, 0.1) is 0 Å². The number of hydrogen-bond donors (Lipinski definition) is 2. The SMILES string of the molecule is CCCOc1ccc(Nc2nnc(CNC)o2)cc1. The number of rotatable bonds is 7. The fourth-order valence-electron chi connectivity index (χ4n) is 1.50. The average molecular weight is 262 g/mol. The molecule has 0 aliphatic carbocycles. The lowest BCUT2D eigenvalue weighted by Gasteiger charge is -2.05. The van der Waals surface area contributed by atoms with Crippen LogP contribution in [0.25, 0.3) is 0 Å². The molecule has 0 aliphatic heterocycles. The molecule has 0 bridgehead atoms. The quantitative estimate of drug-likeness (QED) is 0.798. The number of benzene rings is 1. The monoisotopic (exact) mass is 262 g/mol. The zero-order valence-electron chi connectivity index (χ0n) is 11.1. The van der Waals surface area contributed by atoms with Crippen molar-refractivity contribution in [3.05, 3.63) is 30.2 Å². The lowest BCUT2D eigenvalue weighted by molar-refractivity contribution is 0.317. The Morgan fingerprint density at radius 3 is 2.68 bits per heavy atom. The zero-order chi connectivity index (χ0) is 13.5. The number of anilines is 2. The van der Waals surface area contributed by atoms with Crippen LogP contribution >= 0.6 is 0 Å². The van der Waals surface area contributed by atoms with Gasteiger partial charge in [0.1, 0.15) is 5.75 Å². The van der Waals surface area contributed by atoms with Gasteiger partial charge in [-0.25, -0.2) is 0 Å². The van der Waals surface area contributed by atoms with E-state index >= 15 is 0 Å². The second-order valence-electron chi connectivity index (χ2n) is 4.03. The third-order valence-electron chi connectivity index (χ3n) is 2.37. The molecule has 1 heterocycles. The fraction of sp³-hybridized carbons (Fsp3) is 0.385. The van der Waals surface area contributed by atoms with Gasteiger partial charge >= 0.3 is 6.01 Å². The van der Waals surface area contributed by atoms with E-state index in [-0.39, 0.29) is 0 Å². The van der Waals surface area contributed by atoms with Gasteiger partial charge in [0.25, 0.3) is 0 Å². The summed E-state index contributed by atoms with van der Waals surface area (Å²) in [4.78, 5) is 0. The maximum atomic E-state index is 5.51. The van der Waals surface area contributed by atoms with Gasteiger partial charge < -0.3 is 19.8 Å². The van der Waals surface area contributed by atoms with E-state index in [1.54, 1.807) is 0 Å². The highest BCUT2D eigenvalue weighted by Gasteiger charge is 2.05. The highest BCUT2D eigenvalue weighted by molar-refractivity contribution is 5.53. The van der Waals surface area contributed by atoms with Crippen LogP contribution in [0.15, 0.2) is 28.7 Å². The van der Waals surface area contributed by atoms with Crippen molar-refractivity contribution in [3.8, 4) is 5.75 Å². The van der Waals surface area contributed by atoms with Crippen LogP contribution in [-0.4, -0.2) is 23.9 Å². The second-order valence-corrected chi connectivity index (χ2v) is 4.03. The van der Waals surface area contributed by atoms with Gasteiger partial charge in [-0.2, -0.15) is 0 Å². The third kappa shape index (κ3) is 3.96. The highest BCUT2D eigenvalue weighted by atomic mass is 16.5. The van der Waals surface area contributed by atoms with E-state index in [0.717, 1.165) is 24.5 Å². The molecule has 0 saturated carbocycles. The first kappa shape index (κ1) is 13.4. The van der Waals surface area contributed by atoms with Crippen LogP contribution in [0.2, 0.25) is 0 Å². The van der Waals surface area contributed by atoms with Crippen LogP contribution < -0.4 is 15.4 Å². The van der Waals surface area contributed by atoms with Crippen molar-refractivity contribution in [1.82, 2.24) is 15.5 Å². The minimum Gasteiger partial charge on any atom is -0.494 e. The molecule has 6 heteroatoms. The first-order chi connectivity index (χ1) is 9.31. The summed E-state index contributed by atoms with van der Waals surface area (Å²) >= 11 is 0. The molecule has 0 fully saturated rings. The number of aromatic nitrogens is 2. The Labute approximate surface area is 112 Å². The number of ether oxygens (including phenoxy) is 1. The standard InChI is InChI=1S/C13H18N4O2/c1-3-8-18-11-6-4-10(5-7-11)15-13-17-16-12(19-13)9-14-2/h4-7,14H,3,8-9H2,1-2H3,(H,15,17). The molecule has 0 spiro atoms. The molecule has 19 heavy (non-hydrogen) atoms. The van der Waals surface area contributed by atoms with E-state index in [1.807, 2.05) is 31.3 Å². The van der Waals surface area contributed by atoms with Crippen LogP contribution in [0.5, 0.6) is 5.75 Å². The Morgan fingerprint density at radius 1 is 1.21 bits per heavy atom. The van der Waals surface area contributed by atoms with Gasteiger partial charge in [-0.3, -0.25) is 0 Å². The molecule has 2 rings (SSSR count). The van der Waals surface area contributed by atoms with E-state index < -0.39 is 0 Å². The molecule has 2 aromatic rings. The van der Waals surface area contributed by atoms with Crippen molar-refractivity contribution in [2.24, 2.45) is 0 Å². The molecule has 0 radical (unpaired) electrons. The van der Waals surface area contributed by atoms with E-state index in [0.29, 0.717) is 18.5 Å². The smallest absolute Gasteiger partial charge is 0.320 e. The molecule has 102 valence electrons. The summed E-state index contributed by atoms with van der Waals surface area (Å²) in [5.74, 6) is 1.40. The van der Waals surface area contributed by atoms with Crippen LogP contribution in [-0.2, 0) is 6.54 Å². The van der Waals surface area contributed by atoms with Gasteiger partial charge in [-0.15, -0.1) is 5.10 Å². The second kappa shape index (κ2) is 6.75. The predicted molar refractivity (Wildman–Crippen MR) is 72.6 cm³/mol. The van der Waals surface area contributed by atoms with Crippen LogP contribution in [0.3, 0.4) is 0 Å². The van der Waals surface area contributed by atoms with Gasteiger partial charge in [-0.1, -0.05) is 12.0 Å². The molecule has 1 aromatic heterocycles. The molecule has 0 atom stereocenters. The first-order valence-corrected chi connectivity index (χ1v) is 6.28. The summed E-state index contributed by atoms with van der Waals surface area (Å²) in [6.45, 7) is 3.36. The van der Waals surface area contributed by atoms with Crippen LogP contribution in [0.4, 0.5) is 11.7 Å². The number of nitrogens with one attached hydrogen (secondary N) is 2. The molecule has 0 unspecified atom stereocenters. The van der Waals surface area contributed by atoms with Crippen molar-refractivity contribution in [2.45, 2.75) is 19.9 Å². The van der Waals surface area contributed by atoms with Crippen molar-refractivity contribution >= 4 is 11.7 Å². The zero-order valence-corrected chi connectivity index (χ0v) is 11.1. The Hall–Kier alpha value is -2.08. The van der Waals surface area contributed by atoms with Crippen LogP contribution in [0.1, 0.15) is 19.2 Å². The maximum Gasteiger partial charge on any atom is 0.320 e. The van der Waals surface area contributed by atoms with Crippen molar-refractivity contribution in [2.75, 3.05) is 19.0 Å². The van der Waals surface area contributed by atoms with Gasteiger partial charge in [-0.05, 0) is 37.7 Å². The lowest BCUT2D eigenvalue weighted by atomic mass is 10.3. The largest absolute Gasteiger partial charge is 0.494 e. The van der Waals surface area contributed by atoms with E-state index in [4.69, 9.17) is 9.15 Å². The first-order valence-electron chi connectivity index (χ1n) is 6.28. The number of hydrogen-bond acceptors (Lipinski definition) is 6. The molecule has 1 aromatic carbocycles. The fourth-order valence-corrected chi connectivity index (χ4v) is 1.50. The number of nitrogens with zero attached hydrogens (tertiary/aromatic N) is 2. The molecule has 2 N–H and O–H groups in total. The summed E-state index contributed by atoms with van der Waals surface area (Å²) in [5.41, 5.74) is 0.878. The summed E-state index contributed by atoms with van der Waals surface area (Å²) in [7, 11) is 1.83. The third-order valence-corrected chi connectivity index (χ3v) is 2.37. The van der Waals surface area contributed by atoms with E-state index in [9.17, 15) is 0 Å². The highest BCUT2D eigenvalue weighted by Crippen LogP contribution is 2.19. The molecule has 0 amide bonds. The van der Waals surface area contributed by atoms with Crippen molar-refractivity contribution in [1.29, 1.82) is 0 Å². The Kier molecular flexibility index (Phi) is 4.74. The lowest BCUT2D eigenvalue weighted by Crippen LogP contribution is -2.04. The minimum atomic E-state index is 0.382. The Bertz CT molecular complexity index is 496. The van der Waals surface area contributed by atoms with Crippen molar-refractivity contribution in [3.63, 3.8) is 0 Å².